The Morgan fingerprint density at radius 1 is 0.282 bits per heavy atom. The van der Waals surface area contributed by atoms with Gasteiger partial charge in [0.05, 0.1) is 0 Å². The number of ether oxygens (including phenoxy) is 3. The fraction of sp³-hybridized carbons (Fsp3) is 0.831. The number of hydrogen-bond donors (Lipinski definition) is 0. The zero-order valence-electron chi connectivity index (χ0n) is 47.5. The Hall–Kier alpha value is -2.63. The topological polar surface area (TPSA) is 78.9 Å². The van der Waals surface area contributed by atoms with Crippen LogP contribution in [0.5, 0.6) is 0 Å². The smallest absolute Gasteiger partial charge is 0.306 e. The molecule has 414 valence electrons. The molecule has 0 aliphatic carbocycles. The average Bonchev–Trinajstić information content (AvgIpc) is 3.37. The first-order valence-electron chi connectivity index (χ1n) is 31.1. The van der Waals surface area contributed by atoms with Crippen molar-refractivity contribution in [3.05, 3.63) is 48.6 Å². The molecule has 0 aliphatic rings. The van der Waals surface area contributed by atoms with Gasteiger partial charge >= 0.3 is 17.9 Å². The fourth-order valence-electron chi connectivity index (χ4n) is 9.09. The minimum atomic E-state index is -0.783. The van der Waals surface area contributed by atoms with Crippen LogP contribution in [-0.4, -0.2) is 37.2 Å². The van der Waals surface area contributed by atoms with Crippen molar-refractivity contribution in [2.45, 2.75) is 335 Å². The summed E-state index contributed by atoms with van der Waals surface area (Å²) in [4.78, 5) is 38.3. The standard InChI is InChI=1S/C65H118O6/c1-4-7-10-13-16-19-22-25-28-31-32-35-38-41-44-47-50-53-56-59-65(68)71-62(60-69-63(66)57-54-51-48-45-42-39-36-33-29-26-23-20-17-14-11-8-5-2)61-70-64(67)58-55-52-49-46-43-40-37-34-30-27-24-21-18-15-12-9-6-3/h17,20,26-27,29-30,36,39,62H,4-16,18-19,21-25,28,31-35,37-38,40-61H2,1-3H3/b20-17-,29-26-,30-27-,39-36-/t62-/m1/s1. The van der Waals surface area contributed by atoms with E-state index in [1.54, 1.807) is 0 Å². The highest BCUT2D eigenvalue weighted by Gasteiger charge is 2.19. The van der Waals surface area contributed by atoms with Crippen molar-refractivity contribution in [3.63, 3.8) is 0 Å². The van der Waals surface area contributed by atoms with E-state index in [4.69, 9.17) is 14.2 Å². The molecule has 0 aromatic heterocycles. The number of unbranched alkanes of at least 4 members (excludes halogenated alkanes) is 38. The van der Waals surface area contributed by atoms with Gasteiger partial charge in [-0.3, -0.25) is 14.4 Å². The molecule has 6 heteroatoms. The summed E-state index contributed by atoms with van der Waals surface area (Å²) in [5.41, 5.74) is 0. The van der Waals surface area contributed by atoms with Crippen molar-refractivity contribution >= 4 is 17.9 Å². The Morgan fingerprint density at radius 3 is 0.831 bits per heavy atom. The molecule has 0 amide bonds. The van der Waals surface area contributed by atoms with Crippen molar-refractivity contribution in [1.29, 1.82) is 0 Å². The average molecular weight is 996 g/mol. The van der Waals surface area contributed by atoms with Gasteiger partial charge in [-0.2, -0.15) is 0 Å². The number of hydrogen-bond acceptors (Lipinski definition) is 6. The van der Waals surface area contributed by atoms with Crippen LogP contribution in [0.25, 0.3) is 0 Å². The molecule has 0 aromatic carbocycles. The first-order valence-corrected chi connectivity index (χ1v) is 31.1. The largest absolute Gasteiger partial charge is 0.462 e. The number of esters is 3. The quantitative estimate of drug-likeness (QED) is 0.0261. The number of carbonyl (C=O) groups excluding carboxylic acids is 3. The second-order valence-electron chi connectivity index (χ2n) is 21.0. The molecule has 6 nitrogen and oxygen atoms in total. The van der Waals surface area contributed by atoms with E-state index >= 15 is 0 Å². The van der Waals surface area contributed by atoms with Crippen molar-refractivity contribution in [3.8, 4) is 0 Å². The van der Waals surface area contributed by atoms with Gasteiger partial charge in [0.25, 0.3) is 0 Å². The fourth-order valence-corrected chi connectivity index (χ4v) is 9.09. The third-order valence-electron chi connectivity index (χ3n) is 13.8. The van der Waals surface area contributed by atoms with E-state index < -0.39 is 6.10 Å². The minimum absolute atomic E-state index is 0.0794. The van der Waals surface area contributed by atoms with Gasteiger partial charge in [0.15, 0.2) is 6.10 Å². The molecular weight excluding hydrogens is 877 g/mol. The van der Waals surface area contributed by atoms with Gasteiger partial charge in [-0.25, -0.2) is 0 Å². The highest BCUT2D eigenvalue weighted by Crippen LogP contribution is 2.17. The Balaban J connectivity index is 4.38. The highest BCUT2D eigenvalue weighted by atomic mass is 16.6. The van der Waals surface area contributed by atoms with Gasteiger partial charge < -0.3 is 14.2 Å². The SMILES string of the molecule is CCCCC/C=C\C/C=C\C/C=C\CCCCCCC(=O)OC[C@H](COC(=O)CCCCCCCCC/C=C\CCCCCCCC)OC(=O)CCCCCCCCCCCCCCCCCCCCC. The van der Waals surface area contributed by atoms with Gasteiger partial charge in [-0.15, -0.1) is 0 Å². The van der Waals surface area contributed by atoms with Crippen molar-refractivity contribution in [1.82, 2.24) is 0 Å². The van der Waals surface area contributed by atoms with Crippen LogP contribution < -0.4 is 0 Å². The van der Waals surface area contributed by atoms with E-state index in [1.807, 2.05) is 0 Å². The monoisotopic (exact) mass is 995 g/mol. The van der Waals surface area contributed by atoms with E-state index in [1.165, 1.54) is 205 Å². The van der Waals surface area contributed by atoms with Gasteiger partial charge in [0, 0.05) is 19.3 Å². The zero-order chi connectivity index (χ0) is 51.4. The summed E-state index contributed by atoms with van der Waals surface area (Å²) in [6.45, 7) is 6.64. The summed E-state index contributed by atoms with van der Waals surface area (Å²) in [7, 11) is 0. The molecule has 0 rings (SSSR count). The Labute approximate surface area is 441 Å². The normalized spacial score (nSPS) is 12.3. The van der Waals surface area contributed by atoms with E-state index in [0.717, 1.165) is 83.5 Å². The van der Waals surface area contributed by atoms with Crippen molar-refractivity contribution in [2.24, 2.45) is 0 Å². The molecular formula is C65H118O6. The highest BCUT2D eigenvalue weighted by molar-refractivity contribution is 5.71. The predicted octanol–water partition coefficient (Wildman–Crippen LogP) is 21.0. The maximum Gasteiger partial charge on any atom is 0.306 e. The van der Waals surface area contributed by atoms with Crippen LogP contribution in [0.2, 0.25) is 0 Å². The Bertz CT molecular complexity index is 1230. The summed E-state index contributed by atoms with van der Waals surface area (Å²) in [5, 5.41) is 0. The van der Waals surface area contributed by atoms with Gasteiger partial charge in [0.1, 0.15) is 13.2 Å². The third kappa shape index (κ3) is 58.1. The molecule has 0 radical (unpaired) electrons. The third-order valence-corrected chi connectivity index (χ3v) is 13.8. The molecule has 0 saturated heterocycles. The van der Waals surface area contributed by atoms with Crippen LogP contribution in [0.1, 0.15) is 329 Å². The Morgan fingerprint density at radius 2 is 0.507 bits per heavy atom. The van der Waals surface area contributed by atoms with E-state index in [9.17, 15) is 14.4 Å². The molecule has 0 aliphatic heterocycles. The molecule has 0 N–H and O–H groups in total. The number of allylic oxidation sites excluding steroid dienone is 8. The second-order valence-corrected chi connectivity index (χ2v) is 21.0. The van der Waals surface area contributed by atoms with Crippen LogP contribution in [0.15, 0.2) is 48.6 Å². The van der Waals surface area contributed by atoms with Crippen LogP contribution in [-0.2, 0) is 28.6 Å². The summed E-state index contributed by atoms with van der Waals surface area (Å²) in [6.07, 6.45) is 73.9. The first kappa shape index (κ1) is 68.4. The lowest BCUT2D eigenvalue weighted by molar-refractivity contribution is -0.167. The summed E-state index contributed by atoms with van der Waals surface area (Å²) >= 11 is 0. The maximum atomic E-state index is 12.9. The van der Waals surface area contributed by atoms with Crippen LogP contribution in [0, 0.1) is 0 Å². The zero-order valence-corrected chi connectivity index (χ0v) is 47.5. The van der Waals surface area contributed by atoms with Crippen molar-refractivity contribution < 1.29 is 28.6 Å². The molecule has 0 heterocycles. The van der Waals surface area contributed by atoms with E-state index in [0.29, 0.717) is 19.3 Å². The lowest BCUT2D eigenvalue weighted by Crippen LogP contribution is -2.30. The maximum absolute atomic E-state index is 12.9. The van der Waals surface area contributed by atoms with E-state index in [-0.39, 0.29) is 31.1 Å². The lowest BCUT2D eigenvalue weighted by atomic mass is 10.0. The first-order chi connectivity index (χ1) is 35.0. The second kappa shape index (κ2) is 59.9. The molecule has 0 unspecified atom stereocenters. The molecule has 0 spiro atoms. The van der Waals surface area contributed by atoms with Crippen LogP contribution >= 0.6 is 0 Å². The number of carbonyl (C=O) groups is 3. The Kier molecular flexibility index (Phi) is 57.7. The van der Waals surface area contributed by atoms with Crippen molar-refractivity contribution in [2.75, 3.05) is 13.2 Å². The lowest BCUT2D eigenvalue weighted by Gasteiger charge is -2.18. The molecule has 1 atom stereocenters. The minimum Gasteiger partial charge on any atom is -0.462 e. The predicted molar refractivity (Wildman–Crippen MR) is 307 cm³/mol. The summed E-state index contributed by atoms with van der Waals surface area (Å²) in [6, 6.07) is 0. The van der Waals surface area contributed by atoms with Gasteiger partial charge in [-0.05, 0) is 83.5 Å². The molecule has 71 heavy (non-hydrogen) atoms. The molecule has 0 fully saturated rings. The molecule has 0 saturated carbocycles. The van der Waals surface area contributed by atoms with Gasteiger partial charge in [-0.1, -0.05) is 275 Å². The number of rotatable bonds is 57. The van der Waals surface area contributed by atoms with Gasteiger partial charge in [0.2, 0.25) is 0 Å². The summed E-state index contributed by atoms with van der Waals surface area (Å²) < 4.78 is 16.9. The molecule has 0 bridgehead atoms. The van der Waals surface area contributed by atoms with Crippen LogP contribution in [0.4, 0.5) is 0 Å². The van der Waals surface area contributed by atoms with E-state index in [2.05, 4.69) is 69.4 Å². The molecule has 0 aromatic rings. The van der Waals surface area contributed by atoms with Crippen LogP contribution in [0.3, 0.4) is 0 Å². The summed E-state index contributed by atoms with van der Waals surface area (Å²) in [5.74, 6) is -0.886.